The fraction of sp³-hybridized carbons (Fsp3) is 0.632. The number of halogens is 1. The fourth-order valence-electron chi connectivity index (χ4n) is 3.15. The summed E-state index contributed by atoms with van der Waals surface area (Å²) in [6.45, 7) is 11.5. The van der Waals surface area contributed by atoms with Gasteiger partial charge in [-0.25, -0.2) is 4.68 Å². The number of nitrogens with zero attached hydrogens (tertiary/aromatic N) is 5. The molecular formula is C19H30BrN5O3Si. The third-order valence-corrected chi connectivity index (χ3v) is 6.93. The fourth-order valence-corrected chi connectivity index (χ4v) is 4.14. The molecule has 0 unspecified atom stereocenters. The van der Waals surface area contributed by atoms with Crippen LogP contribution in [0.1, 0.15) is 31.3 Å². The van der Waals surface area contributed by atoms with Gasteiger partial charge in [-0.3, -0.25) is 9.78 Å². The van der Waals surface area contributed by atoms with Gasteiger partial charge in [0.05, 0.1) is 5.92 Å². The van der Waals surface area contributed by atoms with Crippen molar-refractivity contribution < 1.29 is 14.6 Å². The van der Waals surface area contributed by atoms with Crippen LogP contribution in [0, 0.1) is 11.8 Å². The topological polar surface area (TPSA) is 103 Å². The summed E-state index contributed by atoms with van der Waals surface area (Å²) in [5, 5.41) is 21.9. The highest BCUT2D eigenvalue weighted by Gasteiger charge is 2.36. The Labute approximate surface area is 181 Å². The zero-order valence-corrected chi connectivity index (χ0v) is 20.3. The first-order chi connectivity index (χ1) is 13.6. The van der Waals surface area contributed by atoms with Crippen LogP contribution in [0.15, 0.2) is 22.8 Å². The zero-order chi connectivity index (χ0) is 21.6. The van der Waals surface area contributed by atoms with E-state index < -0.39 is 25.9 Å². The lowest BCUT2D eigenvalue weighted by molar-refractivity contribution is -0.144. The molecule has 0 aliphatic carbocycles. The summed E-state index contributed by atoms with van der Waals surface area (Å²) in [5.41, 5.74) is 0.791. The van der Waals surface area contributed by atoms with Crippen LogP contribution < -0.4 is 0 Å². The number of aromatic nitrogens is 5. The predicted octanol–water partition coefficient (Wildman–Crippen LogP) is 3.83. The second-order valence-corrected chi connectivity index (χ2v) is 15.3. The maximum atomic E-state index is 12.1. The van der Waals surface area contributed by atoms with E-state index in [1.54, 1.807) is 10.9 Å². The minimum Gasteiger partial charge on any atom is -0.481 e. The Morgan fingerprint density at radius 2 is 2.03 bits per heavy atom. The van der Waals surface area contributed by atoms with E-state index in [4.69, 9.17) is 4.74 Å². The minimum absolute atomic E-state index is 0.0918. The van der Waals surface area contributed by atoms with Gasteiger partial charge >= 0.3 is 5.97 Å². The van der Waals surface area contributed by atoms with Crippen LogP contribution >= 0.6 is 15.9 Å². The Morgan fingerprint density at radius 3 is 2.59 bits per heavy atom. The van der Waals surface area contributed by atoms with Gasteiger partial charge in [0.25, 0.3) is 0 Å². The van der Waals surface area contributed by atoms with Crippen LogP contribution in [0.25, 0.3) is 0 Å². The Kier molecular flexibility index (Phi) is 8.47. The van der Waals surface area contributed by atoms with Gasteiger partial charge in [0.2, 0.25) is 0 Å². The molecule has 2 rings (SSSR count). The van der Waals surface area contributed by atoms with Crippen LogP contribution in [-0.4, -0.2) is 50.9 Å². The molecule has 1 N–H and O–H groups in total. The number of hydrogen-bond acceptors (Lipinski definition) is 6. The van der Waals surface area contributed by atoms with Crippen LogP contribution in [-0.2, 0) is 22.7 Å². The van der Waals surface area contributed by atoms with Crippen molar-refractivity contribution in [3.8, 4) is 0 Å². The molecular weight excluding hydrogens is 454 g/mol. The van der Waals surface area contributed by atoms with E-state index in [2.05, 4.69) is 56.1 Å². The number of rotatable bonds is 11. The number of carboxylic acid groups (broad SMARTS) is 1. The molecule has 8 nitrogen and oxygen atoms in total. The lowest BCUT2D eigenvalue weighted by Crippen LogP contribution is -2.31. The minimum atomic E-state index is -1.19. The lowest BCUT2D eigenvalue weighted by Gasteiger charge is -2.26. The quantitative estimate of drug-likeness (QED) is 0.382. The SMILES string of the molecule is CC(C)[C@H](C(=O)O)[C@H](Cc1ccc(Br)cn1)c1nnnn1COCC[Si](C)(C)C. The molecule has 10 heteroatoms. The van der Waals surface area contributed by atoms with E-state index in [1.807, 2.05) is 26.0 Å². The standard InChI is InChI=1S/C19H30BrN5O3Si/c1-13(2)17(19(26)27)16(10-15-7-6-14(20)11-21-15)18-22-23-24-25(18)12-28-8-9-29(3,4)5/h6-7,11,13,16-17H,8-10,12H2,1-5H3,(H,26,27)/t16-,17-/m0/s1. The number of tetrazole rings is 1. The Hall–Kier alpha value is -1.65. The van der Waals surface area contributed by atoms with Crippen LogP contribution in [0.4, 0.5) is 0 Å². The molecule has 2 atom stereocenters. The molecule has 160 valence electrons. The number of pyridine rings is 1. The smallest absolute Gasteiger partial charge is 0.307 e. The number of hydrogen-bond donors (Lipinski definition) is 1. The van der Waals surface area contributed by atoms with Crippen molar-refractivity contribution in [2.75, 3.05) is 6.61 Å². The first-order valence-corrected chi connectivity index (χ1v) is 14.3. The second-order valence-electron chi connectivity index (χ2n) is 8.77. The first-order valence-electron chi connectivity index (χ1n) is 9.75. The normalized spacial score (nSPS) is 14.2. The van der Waals surface area contributed by atoms with Gasteiger partial charge in [-0.15, -0.1) is 5.10 Å². The molecule has 0 bridgehead atoms. The van der Waals surface area contributed by atoms with E-state index >= 15 is 0 Å². The molecule has 0 saturated heterocycles. The van der Waals surface area contributed by atoms with Crippen molar-refractivity contribution in [2.24, 2.45) is 11.8 Å². The maximum Gasteiger partial charge on any atom is 0.307 e. The third-order valence-electron chi connectivity index (χ3n) is 4.76. The number of carbonyl (C=O) groups is 1. The lowest BCUT2D eigenvalue weighted by atomic mass is 9.80. The summed E-state index contributed by atoms with van der Waals surface area (Å²) in [7, 11) is -1.19. The highest BCUT2D eigenvalue weighted by molar-refractivity contribution is 9.10. The molecule has 0 fully saturated rings. The molecule has 29 heavy (non-hydrogen) atoms. The van der Waals surface area contributed by atoms with Crippen molar-refractivity contribution in [1.82, 2.24) is 25.2 Å². The van der Waals surface area contributed by atoms with Gasteiger partial charge in [-0.2, -0.15) is 0 Å². The average molecular weight is 484 g/mol. The van der Waals surface area contributed by atoms with Gasteiger partial charge in [0.15, 0.2) is 5.82 Å². The average Bonchev–Trinajstić information content (AvgIpc) is 3.07. The van der Waals surface area contributed by atoms with Crippen LogP contribution in [0.5, 0.6) is 0 Å². The summed E-state index contributed by atoms with van der Waals surface area (Å²) in [4.78, 5) is 16.5. The highest BCUT2D eigenvalue weighted by Crippen LogP contribution is 2.32. The van der Waals surface area contributed by atoms with Crippen molar-refractivity contribution >= 4 is 30.0 Å². The van der Waals surface area contributed by atoms with Crippen molar-refractivity contribution in [3.05, 3.63) is 34.3 Å². The molecule has 2 heterocycles. The van der Waals surface area contributed by atoms with Gasteiger partial charge in [0.1, 0.15) is 6.73 Å². The maximum absolute atomic E-state index is 12.1. The summed E-state index contributed by atoms with van der Waals surface area (Å²) >= 11 is 3.38. The number of aliphatic carboxylic acids is 1. The Balaban J connectivity index is 2.25. The van der Waals surface area contributed by atoms with E-state index in [9.17, 15) is 9.90 Å². The molecule has 2 aromatic rings. The third kappa shape index (κ3) is 7.27. The largest absolute Gasteiger partial charge is 0.481 e. The Bertz CT molecular complexity index is 792. The molecule has 0 saturated carbocycles. The molecule has 0 amide bonds. The van der Waals surface area contributed by atoms with E-state index in [0.717, 1.165) is 16.2 Å². The molecule has 0 aliphatic heterocycles. The van der Waals surface area contributed by atoms with Crippen LogP contribution in [0.3, 0.4) is 0 Å². The van der Waals surface area contributed by atoms with Gasteiger partial charge < -0.3 is 9.84 Å². The predicted molar refractivity (Wildman–Crippen MR) is 116 cm³/mol. The molecule has 0 aliphatic rings. The van der Waals surface area contributed by atoms with Crippen LogP contribution in [0.2, 0.25) is 25.7 Å². The second kappa shape index (κ2) is 10.4. The van der Waals surface area contributed by atoms with E-state index in [0.29, 0.717) is 18.9 Å². The summed E-state index contributed by atoms with van der Waals surface area (Å²) in [6, 6.07) is 4.82. The first kappa shape index (κ1) is 23.6. The molecule has 0 spiro atoms. The zero-order valence-electron chi connectivity index (χ0n) is 17.7. The molecule has 2 aromatic heterocycles. The summed E-state index contributed by atoms with van der Waals surface area (Å²) < 4.78 is 8.25. The molecule has 0 aromatic carbocycles. The summed E-state index contributed by atoms with van der Waals surface area (Å²) in [6.07, 6.45) is 2.14. The number of carboxylic acids is 1. The van der Waals surface area contributed by atoms with Gasteiger partial charge in [-0.1, -0.05) is 33.5 Å². The van der Waals surface area contributed by atoms with Crippen molar-refractivity contribution in [1.29, 1.82) is 0 Å². The van der Waals surface area contributed by atoms with E-state index in [1.165, 1.54) is 0 Å². The highest BCUT2D eigenvalue weighted by atomic mass is 79.9. The number of ether oxygens (including phenoxy) is 1. The monoisotopic (exact) mass is 483 g/mol. The van der Waals surface area contributed by atoms with Crippen molar-refractivity contribution in [2.45, 2.75) is 58.6 Å². The van der Waals surface area contributed by atoms with Gasteiger partial charge in [-0.05, 0) is 50.5 Å². The van der Waals surface area contributed by atoms with Gasteiger partial charge in [0, 0.05) is 43.4 Å². The summed E-state index contributed by atoms with van der Waals surface area (Å²) in [5.74, 6) is -1.50. The van der Waals surface area contributed by atoms with Crippen molar-refractivity contribution in [3.63, 3.8) is 0 Å². The Morgan fingerprint density at radius 1 is 1.31 bits per heavy atom. The molecule has 0 radical (unpaired) electrons. The van der Waals surface area contributed by atoms with E-state index in [-0.39, 0.29) is 12.6 Å².